The third kappa shape index (κ3) is 2.42. The molecule has 0 aliphatic carbocycles. The lowest BCUT2D eigenvalue weighted by molar-refractivity contribution is -0.137. The van der Waals surface area contributed by atoms with Crippen molar-refractivity contribution in [3.8, 4) is 11.3 Å². The van der Waals surface area contributed by atoms with E-state index in [1.54, 1.807) is 26.2 Å². The highest BCUT2D eigenvalue weighted by Gasteiger charge is 2.34. The van der Waals surface area contributed by atoms with E-state index in [4.69, 9.17) is 0 Å². The molecule has 0 aliphatic rings. The molecular formula is C16H15F3N4. The molecule has 120 valence electrons. The number of rotatable bonds is 2. The van der Waals surface area contributed by atoms with Gasteiger partial charge in [-0.3, -0.25) is 0 Å². The summed E-state index contributed by atoms with van der Waals surface area (Å²) in [5.41, 5.74) is 1.78. The highest BCUT2D eigenvalue weighted by Crippen LogP contribution is 2.38. The van der Waals surface area contributed by atoms with Crippen LogP contribution in [0.4, 0.5) is 19.0 Å². The summed E-state index contributed by atoms with van der Waals surface area (Å²) in [5, 5.41) is 7.34. The van der Waals surface area contributed by atoms with E-state index < -0.39 is 11.7 Å². The Morgan fingerprint density at radius 3 is 2.43 bits per heavy atom. The van der Waals surface area contributed by atoms with Crippen LogP contribution in [0.2, 0.25) is 0 Å². The van der Waals surface area contributed by atoms with E-state index in [9.17, 15) is 13.2 Å². The van der Waals surface area contributed by atoms with Crippen molar-refractivity contribution in [2.45, 2.75) is 20.0 Å². The number of benzene rings is 1. The Kier molecular flexibility index (Phi) is 3.50. The minimum atomic E-state index is -4.44. The number of alkyl halides is 3. The Hall–Kier alpha value is -2.57. The van der Waals surface area contributed by atoms with E-state index in [1.807, 2.05) is 6.92 Å². The number of hydrogen-bond acceptors (Lipinski definition) is 3. The van der Waals surface area contributed by atoms with Crippen molar-refractivity contribution < 1.29 is 13.2 Å². The van der Waals surface area contributed by atoms with Gasteiger partial charge >= 0.3 is 6.18 Å². The Bertz CT molecular complexity index is 881. The predicted octanol–water partition coefficient (Wildman–Crippen LogP) is 4.07. The summed E-state index contributed by atoms with van der Waals surface area (Å²) in [6, 6.07) is 5.48. The fourth-order valence-corrected chi connectivity index (χ4v) is 2.59. The Labute approximate surface area is 131 Å². The standard InChI is InChI=1S/C16H15F3N4/c1-9-10(2)15-21-8-13(20-3)23(15)22-14(9)11-6-4-5-7-12(11)16(17,18)19/h4-8,20H,1-3H3. The second-order valence-corrected chi connectivity index (χ2v) is 5.27. The van der Waals surface area contributed by atoms with E-state index in [0.717, 1.165) is 11.6 Å². The molecule has 0 atom stereocenters. The third-order valence-electron chi connectivity index (χ3n) is 3.93. The number of aryl methyl sites for hydroxylation is 1. The minimum Gasteiger partial charge on any atom is -0.372 e. The average molecular weight is 320 g/mol. The third-order valence-corrected chi connectivity index (χ3v) is 3.93. The molecule has 0 saturated carbocycles. The van der Waals surface area contributed by atoms with Gasteiger partial charge in [-0.1, -0.05) is 18.2 Å². The highest BCUT2D eigenvalue weighted by molar-refractivity contribution is 5.71. The number of fused-ring (bicyclic) bond motifs is 1. The number of imidazole rings is 1. The molecule has 4 nitrogen and oxygen atoms in total. The summed E-state index contributed by atoms with van der Waals surface area (Å²) in [6.45, 7) is 3.59. The van der Waals surface area contributed by atoms with E-state index >= 15 is 0 Å². The highest BCUT2D eigenvalue weighted by atomic mass is 19.4. The van der Waals surface area contributed by atoms with Crippen LogP contribution in [0.15, 0.2) is 30.5 Å². The number of anilines is 1. The summed E-state index contributed by atoms with van der Waals surface area (Å²) in [6.07, 6.45) is -2.83. The number of halogens is 3. The second-order valence-electron chi connectivity index (χ2n) is 5.27. The molecular weight excluding hydrogens is 305 g/mol. The number of aromatic nitrogens is 3. The molecule has 2 aromatic heterocycles. The van der Waals surface area contributed by atoms with Crippen molar-refractivity contribution in [2.24, 2.45) is 0 Å². The van der Waals surface area contributed by atoms with E-state index in [1.165, 1.54) is 16.6 Å². The molecule has 1 aromatic carbocycles. The van der Waals surface area contributed by atoms with Crippen LogP contribution < -0.4 is 5.32 Å². The Morgan fingerprint density at radius 2 is 1.78 bits per heavy atom. The average Bonchev–Trinajstić information content (AvgIpc) is 2.93. The first-order valence-corrected chi connectivity index (χ1v) is 7.04. The molecule has 0 saturated heterocycles. The zero-order valence-electron chi connectivity index (χ0n) is 12.9. The molecule has 1 N–H and O–H groups in total. The van der Waals surface area contributed by atoms with Gasteiger partial charge in [0, 0.05) is 12.6 Å². The number of nitrogens with zero attached hydrogens (tertiary/aromatic N) is 3. The molecule has 0 spiro atoms. The molecule has 0 bridgehead atoms. The zero-order valence-corrected chi connectivity index (χ0v) is 12.9. The van der Waals surface area contributed by atoms with Gasteiger partial charge in [0.15, 0.2) is 5.65 Å². The predicted molar refractivity (Wildman–Crippen MR) is 82.4 cm³/mol. The molecule has 2 heterocycles. The molecule has 3 rings (SSSR count). The van der Waals surface area contributed by atoms with Gasteiger partial charge in [-0.2, -0.15) is 22.8 Å². The van der Waals surface area contributed by atoms with Crippen LogP contribution >= 0.6 is 0 Å². The monoisotopic (exact) mass is 320 g/mol. The molecule has 7 heteroatoms. The minimum absolute atomic E-state index is 0.0678. The van der Waals surface area contributed by atoms with E-state index in [2.05, 4.69) is 15.4 Å². The first-order valence-electron chi connectivity index (χ1n) is 7.04. The zero-order chi connectivity index (χ0) is 16.8. The van der Waals surface area contributed by atoms with E-state index in [0.29, 0.717) is 22.7 Å². The van der Waals surface area contributed by atoms with Crippen molar-refractivity contribution in [1.29, 1.82) is 0 Å². The lowest BCUT2D eigenvalue weighted by Gasteiger charge is -2.15. The van der Waals surface area contributed by atoms with Crippen molar-refractivity contribution in [2.75, 3.05) is 12.4 Å². The van der Waals surface area contributed by atoms with Gasteiger partial charge in [0.2, 0.25) is 0 Å². The van der Waals surface area contributed by atoms with Gasteiger partial charge in [0.05, 0.1) is 17.5 Å². The summed E-state index contributed by atoms with van der Waals surface area (Å²) in [5.74, 6) is 0.619. The summed E-state index contributed by atoms with van der Waals surface area (Å²) >= 11 is 0. The summed E-state index contributed by atoms with van der Waals surface area (Å²) < 4.78 is 41.5. The molecule has 0 aliphatic heterocycles. The molecule has 0 radical (unpaired) electrons. The topological polar surface area (TPSA) is 42.2 Å². The first kappa shape index (κ1) is 15.3. The van der Waals surface area contributed by atoms with Crippen LogP contribution in [0, 0.1) is 13.8 Å². The number of hydrogen-bond donors (Lipinski definition) is 1. The van der Waals surface area contributed by atoms with Crippen LogP contribution in [0.1, 0.15) is 16.7 Å². The van der Waals surface area contributed by atoms with Crippen LogP contribution in [0.3, 0.4) is 0 Å². The van der Waals surface area contributed by atoms with Gasteiger partial charge in [0.1, 0.15) is 5.82 Å². The molecule has 3 aromatic rings. The van der Waals surface area contributed by atoms with Crippen molar-refractivity contribution in [3.63, 3.8) is 0 Å². The number of nitrogens with one attached hydrogen (secondary N) is 1. The van der Waals surface area contributed by atoms with Crippen molar-refractivity contribution in [3.05, 3.63) is 47.2 Å². The molecule has 0 unspecified atom stereocenters. The Morgan fingerprint density at radius 1 is 1.09 bits per heavy atom. The van der Waals surface area contributed by atoms with Gasteiger partial charge in [-0.05, 0) is 31.0 Å². The smallest absolute Gasteiger partial charge is 0.372 e. The van der Waals surface area contributed by atoms with Crippen molar-refractivity contribution in [1.82, 2.24) is 14.6 Å². The SMILES string of the molecule is CNc1cnc2c(C)c(C)c(-c3ccccc3C(F)(F)F)nn12. The van der Waals surface area contributed by atoms with Gasteiger partial charge in [0.25, 0.3) is 0 Å². The molecule has 0 fully saturated rings. The summed E-state index contributed by atoms with van der Waals surface area (Å²) in [7, 11) is 1.71. The lowest BCUT2D eigenvalue weighted by atomic mass is 9.99. The first-order chi connectivity index (χ1) is 10.8. The van der Waals surface area contributed by atoms with Crippen LogP contribution in [-0.2, 0) is 6.18 Å². The fourth-order valence-electron chi connectivity index (χ4n) is 2.59. The molecule has 0 amide bonds. The maximum absolute atomic E-state index is 13.3. The van der Waals surface area contributed by atoms with Crippen LogP contribution in [0.5, 0.6) is 0 Å². The largest absolute Gasteiger partial charge is 0.417 e. The maximum atomic E-state index is 13.3. The quantitative estimate of drug-likeness (QED) is 0.774. The van der Waals surface area contributed by atoms with Gasteiger partial charge in [-0.15, -0.1) is 0 Å². The fraction of sp³-hybridized carbons (Fsp3) is 0.250. The van der Waals surface area contributed by atoms with E-state index in [-0.39, 0.29) is 5.56 Å². The summed E-state index contributed by atoms with van der Waals surface area (Å²) in [4.78, 5) is 4.27. The normalized spacial score (nSPS) is 11.9. The van der Waals surface area contributed by atoms with Gasteiger partial charge < -0.3 is 5.32 Å². The molecule has 23 heavy (non-hydrogen) atoms. The van der Waals surface area contributed by atoms with Crippen molar-refractivity contribution >= 4 is 11.5 Å². The van der Waals surface area contributed by atoms with Gasteiger partial charge in [-0.25, -0.2) is 4.98 Å². The maximum Gasteiger partial charge on any atom is 0.417 e. The Balaban J connectivity index is 2.35. The van der Waals surface area contributed by atoms with Crippen LogP contribution in [0.25, 0.3) is 16.9 Å². The lowest BCUT2D eigenvalue weighted by Crippen LogP contribution is -2.10. The van der Waals surface area contributed by atoms with Crippen LogP contribution in [-0.4, -0.2) is 21.6 Å². The second kappa shape index (κ2) is 5.26.